The van der Waals surface area contributed by atoms with Crippen LogP contribution in [0.2, 0.25) is 0 Å². The van der Waals surface area contributed by atoms with E-state index in [9.17, 15) is 4.79 Å². The van der Waals surface area contributed by atoms with Gasteiger partial charge in [-0.1, -0.05) is 0 Å². The van der Waals surface area contributed by atoms with Gasteiger partial charge in [0.25, 0.3) is 5.91 Å². The number of nitrogens with two attached hydrogens (primary N) is 1. The quantitative estimate of drug-likeness (QED) is 0.695. The Balaban J connectivity index is 2.64. The van der Waals surface area contributed by atoms with Crippen molar-refractivity contribution in [1.29, 1.82) is 0 Å². The summed E-state index contributed by atoms with van der Waals surface area (Å²) in [5, 5.41) is 0. The molecule has 0 bridgehead atoms. The van der Waals surface area contributed by atoms with Crippen molar-refractivity contribution >= 4 is 5.91 Å². The van der Waals surface area contributed by atoms with Crippen LogP contribution in [0.4, 0.5) is 0 Å². The lowest BCUT2D eigenvalue weighted by molar-refractivity contribution is 0.0999. The van der Waals surface area contributed by atoms with E-state index in [4.69, 9.17) is 10.5 Å². The van der Waals surface area contributed by atoms with Crippen LogP contribution >= 0.6 is 0 Å². The first-order valence-corrected chi connectivity index (χ1v) is 3.83. The van der Waals surface area contributed by atoms with Crippen molar-refractivity contribution in [1.82, 2.24) is 9.97 Å². The Hall–Kier alpha value is -1.49. The summed E-state index contributed by atoms with van der Waals surface area (Å²) in [5.41, 5.74) is 5.34. The van der Waals surface area contributed by atoms with E-state index >= 15 is 0 Å². The first kappa shape index (κ1) is 9.60. The van der Waals surface area contributed by atoms with Crippen LogP contribution in [-0.2, 0) is 11.2 Å². The molecule has 0 aromatic carbocycles. The zero-order chi connectivity index (χ0) is 9.68. The number of ether oxygens (including phenoxy) is 1. The Bertz CT molecular complexity index is 284. The van der Waals surface area contributed by atoms with E-state index in [0.29, 0.717) is 24.4 Å². The fourth-order valence-corrected chi connectivity index (χ4v) is 0.804. The fourth-order valence-electron chi connectivity index (χ4n) is 0.804. The van der Waals surface area contributed by atoms with Crippen LogP contribution in [-0.4, -0.2) is 29.6 Å². The normalized spacial score (nSPS) is 9.92. The molecule has 0 spiro atoms. The summed E-state index contributed by atoms with van der Waals surface area (Å²) in [5.74, 6) is 0.130. The molecule has 0 aliphatic rings. The van der Waals surface area contributed by atoms with Crippen molar-refractivity contribution in [2.45, 2.75) is 6.42 Å². The van der Waals surface area contributed by atoms with E-state index in [1.807, 2.05) is 0 Å². The van der Waals surface area contributed by atoms with Crippen molar-refractivity contribution in [3.05, 3.63) is 23.8 Å². The summed E-state index contributed by atoms with van der Waals surface area (Å²) in [6, 6.07) is 0. The van der Waals surface area contributed by atoms with Crippen LogP contribution in [0.3, 0.4) is 0 Å². The maximum Gasteiger partial charge on any atom is 0.251 e. The van der Waals surface area contributed by atoms with Crippen LogP contribution in [0.15, 0.2) is 12.4 Å². The number of hydrogen-bond donors (Lipinski definition) is 1. The van der Waals surface area contributed by atoms with E-state index in [-0.39, 0.29) is 0 Å². The van der Waals surface area contributed by atoms with Gasteiger partial charge in [0, 0.05) is 25.9 Å². The summed E-state index contributed by atoms with van der Waals surface area (Å²) < 4.78 is 4.85. The molecule has 0 aliphatic carbocycles. The monoisotopic (exact) mass is 181 g/mol. The number of amides is 1. The van der Waals surface area contributed by atoms with Gasteiger partial charge in [-0.2, -0.15) is 0 Å². The molecule has 5 heteroatoms. The van der Waals surface area contributed by atoms with Gasteiger partial charge in [-0.15, -0.1) is 0 Å². The molecule has 70 valence electrons. The highest BCUT2D eigenvalue weighted by atomic mass is 16.5. The number of carbonyl (C=O) groups is 1. The average Bonchev–Trinajstić information content (AvgIpc) is 2.15. The van der Waals surface area contributed by atoms with E-state index in [0.717, 1.165) is 0 Å². The molecule has 0 saturated carbocycles. The van der Waals surface area contributed by atoms with Crippen molar-refractivity contribution in [3.8, 4) is 0 Å². The molecule has 1 aromatic heterocycles. The summed E-state index contributed by atoms with van der Waals surface area (Å²) in [6.07, 6.45) is 3.47. The maximum absolute atomic E-state index is 10.6. The van der Waals surface area contributed by atoms with E-state index in [1.165, 1.54) is 12.4 Å². The van der Waals surface area contributed by atoms with Crippen LogP contribution in [0.25, 0.3) is 0 Å². The Kier molecular flexibility index (Phi) is 3.33. The number of hydrogen-bond acceptors (Lipinski definition) is 4. The standard InChI is InChI=1S/C8H11N3O2/c1-13-3-2-7-10-4-6(5-11-7)8(9)12/h4-5H,2-3H2,1H3,(H2,9,12). The first-order valence-electron chi connectivity index (χ1n) is 3.83. The van der Waals surface area contributed by atoms with Crippen molar-refractivity contribution in [2.24, 2.45) is 5.73 Å². The van der Waals surface area contributed by atoms with E-state index < -0.39 is 5.91 Å². The molecule has 0 unspecified atom stereocenters. The highest BCUT2D eigenvalue weighted by Gasteiger charge is 2.01. The van der Waals surface area contributed by atoms with Crippen LogP contribution < -0.4 is 5.73 Å². The van der Waals surface area contributed by atoms with Gasteiger partial charge in [0.2, 0.25) is 0 Å². The topological polar surface area (TPSA) is 78.1 Å². The molecule has 5 nitrogen and oxygen atoms in total. The summed E-state index contributed by atoms with van der Waals surface area (Å²) in [6.45, 7) is 0.565. The Morgan fingerprint density at radius 3 is 2.62 bits per heavy atom. The number of aromatic nitrogens is 2. The van der Waals surface area contributed by atoms with Gasteiger partial charge in [0.05, 0.1) is 12.2 Å². The molecule has 0 saturated heterocycles. The van der Waals surface area contributed by atoms with Crippen molar-refractivity contribution in [3.63, 3.8) is 0 Å². The number of rotatable bonds is 4. The summed E-state index contributed by atoms with van der Waals surface area (Å²) in [4.78, 5) is 18.5. The van der Waals surface area contributed by atoms with Gasteiger partial charge in [-0.05, 0) is 0 Å². The lowest BCUT2D eigenvalue weighted by Crippen LogP contribution is -2.12. The Morgan fingerprint density at radius 1 is 1.54 bits per heavy atom. The third-order valence-corrected chi connectivity index (χ3v) is 1.52. The molecule has 0 atom stereocenters. The third kappa shape index (κ3) is 2.79. The fraction of sp³-hybridized carbons (Fsp3) is 0.375. The molecule has 0 fully saturated rings. The smallest absolute Gasteiger partial charge is 0.251 e. The molecule has 1 aromatic rings. The lowest BCUT2D eigenvalue weighted by Gasteiger charge is -1.98. The zero-order valence-electron chi connectivity index (χ0n) is 7.36. The Morgan fingerprint density at radius 2 is 2.15 bits per heavy atom. The SMILES string of the molecule is COCCc1ncc(C(N)=O)cn1. The third-order valence-electron chi connectivity index (χ3n) is 1.52. The summed E-state index contributed by atoms with van der Waals surface area (Å²) >= 11 is 0. The number of carbonyl (C=O) groups excluding carboxylic acids is 1. The lowest BCUT2D eigenvalue weighted by atomic mass is 10.3. The molecular weight excluding hydrogens is 170 g/mol. The molecule has 1 rings (SSSR count). The predicted octanol–water partition coefficient (Wildman–Crippen LogP) is -0.236. The highest BCUT2D eigenvalue weighted by Crippen LogP contribution is 1.95. The minimum Gasteiger partial charge on any atom is -0.384 e. The second kappa shape index (κ2) is 4.51. The predicted molar refractivity (Wildman–Crippen MR) is 46.1 cm³/mol. The minimum atomic E-state index is -0.515. The van der Waals surface area contributed by atoms with Crippen LogP contribution in [0.1, 0.15) is 16.2 Å². The van der Waals surface area contributed by atoms with Crippen molar-refractivity contribution < 1.29 is 9.53 Å². The first-order chi connectivity index (χ1) is 6.24. The van der Waals surface area contributed by atoms with E-state index in [1.54, 1.807) is 7.11 Å². The van der Waals surface area contributed by atoms with Gasteiger partial charge < -0.3 is 10.5 Å². The van der Waals surface area contributed by atoms with Crippen LogP contribution in [0.5, 0.6) is 0 Å². The molecule has 1 amide bonds. The summed E-state index contributed by atoms with van der Waals surface area (Å²) in [7, 11) is 1.61. The number of primary amides is 1. The largest absolute Gasteiger partial charge is 0.384 e. The number of methoxy groups -OCH3 is 1. The van der Waals surface area contributed by atoms with Gasteiger partial charge in [-0.25, -0.2) is 9.97 Å². The van der Waals surface area contributed by atoms with E-state index in [2.05, 4.69) is 9.97 Å². The van der Waals surface area contributed by atoms with Gasteiger partial charge in [0.15, 0.2) is 0 Å². The van der Waals surface area contributed by atoms with Crippen LogP contribution in [0, 0.1) is 0 Å². The van der Waals surface area contributed by atoms with Gasteiger partial charge in [-0.3, -0.25) is 4.79 Å². The minimum absolute atomic E-state index is 0.321. The molecular formula is C8H11N3O2. The zero-order valence-corrected chi connectivity index (χ0v) is 7.36. The number of nitrogens with zero attached hydrogens (tertiary/aromatic N) is 2. The molecule has 1 heterocycles. The average molecular weight is 181 g/mol. The molecule has 0 radical (unpaired) electrons. The van der Waals surface area contributed by atoms with Crippen molar-refractivity contribution in [2.75, 3.05) is 13.7 Å². The van der Waals surface area contributed by atoms with Gasteiger partial charge >= 0.3 is 0 Å². The maximum atomic E-state index is 10.6. The Labute approximate surface area is 75.9 Å². The molecule has 2 N–H and O–H groups in total. The molecule has 0 aliphatic heterocycles. The highest BCUT2D eigenvalue weighted by molar-refractivity contribution is 5.91. The second-order valence-electron chi connectivity index (χ2n) is 2.50. The van der Waals surface area contributed by atoms with Gasteiger partial charge in [0.1, 0.15) is 5.82 Å². The second-order valence-corrected chi connectivity index (χ2v) is 2.50. The molecule has 13 heavy (non-hydrogen) atoms.